The van der Waals surface area contributed by atoms with Crippen molar-refractivity contribution in [2.75, 3.05) is 19.6 Å². The number of carbonyl (C=O) groups is 4. The van der Waals surface area contributed by atoms with Gasteiger partial charge in [-0.3, -0.25) is 35.1 Å². The van der Waals surface area contributed by atoms with Crippen LogP contribution >= 0.6 is 11.9 Å². The Morgan fingerprint density at radius 3 is 1.73 bits per heavy atom. The van der Waals surface area contributed by atoms with Gasteiger partial charge in [-0.05, 0) is 72.9 Å². The number of non-ortho nitro benzene ring substituents is 3. The van der Waals surface area contributed by atoms with Gasteiger partial charge in [0.15, 0.2) is 0 Å². The fourth-order valence-electron chi connectivity index (χ4n) is 8.99. The number of ether oxygens (including phenoxy) is 3. The lowest BCUT2D eigenvalue weighted by Gasteiger charge is -2.46. The van der Waals surface area contributed by atoms with E-state index in [-0.39, 0.29) is 65.0 Å². The summed E-state index contributed by atoms with van der Waals surface area (Å²) in [6, 6.07) is 15.8. The molecular weight excluding hydrogens is 845 g/mol. The molecule has 0 aliphatic carbocycles. The van der Waals surface area contributed by atoms with Crippen molar-refractivity contribution >= 4 is 53.1 Å². The highest BCUT2D eigenvalue weighted by Gasteiger charge is 2.64. The Morgan fingerprint density at radius 2 is 1.25 bits per heavy atom. The minimum atomic E-state index is -1.04. The Balaban J connectivity index is 1.15. The van der Waals surface area contributed by atoms with Crippen LogP contribution in [0.2, 0.25) is 0 Å². The van der Waals surface area contributed by atoms with Crippen LogP contribution in [0.1, 0.15) is 56.2 Å². The van der Waals surface area contributed by atoms with E-state index in [0.29, 0.717) is 60.4 Å². The Labute approximate surface area is 364 Å². The highest BCUT2D eigenvalue weighted by molar-refractivity contribution is 7.98. The molecule has 0 aromatic heterocycles. The molecule has 4 heterocycles. The second-order valence-corrected chi connectivity index (χ2v) is 17.3. The van der Waals surface area contributed by atoms with Gasteiger partial charge in [0, 0.05) is 74.2 Å². The second-order valence-electron chi connectivity index (χ2n) is 16.1. The molecule has 0 saturated carbocycles. The SMILES string of the molecule is C[C@@H](O)[C@H]1C(=O)N2C(C(=O)OCc3ccc([N+](=O)[O-])cc3)=C(S[N+]3(C(=O)OCc4ccc([N+](=O)[O-])cc4)CCC[C@H]3C3CCN(C(=O)OCc4ccc([N+](=O)[O-])cc4)CC3)[C@H](C)[C@H]12. The maximum absolute atomic E-state index is 14.8. The molecule has 63 heavy (non-hydrogen) atoms. The zero-order chi connectivity index (χ0) is 45.2. The molecule has 3 fully saturated rings. The van der Waals surface area contributed by atoms with Crippen LogP contribution in [0.4, 0.5) is 26.7 Å². The molecule has 3 aromatic carbocycles. The standard InChI is InChI=1S/C42H45N6O14S/c1-25-36-35(26(2)49)39(50)44(36)37(40(51)60-22-27-5-11-31(12-6-27)45(54)55)38(25)63-48(42(53)62-24-29-9-15-33(16-10-29)47(58)59)21-3-4-34(48)30-17-19-43(20-18-30)41(52)61-23-28-7-13-32(14-8-28)46(56)57/h5-16,25-26,30,34-36,49H,3-4,17-24H2,1-2H3/q+1/t25-,26-,34+,35-,36-,48?/m1/s1. The normalized spacial score (nSPS) is 23.7. The van der Waals surface area contributed by atoms with Crippen LogP contribution < -0.4 is 0 Å². The molecule has 7 rings (SSSR count). The molecule has 21 heteroatoms. The number of nitro benzene ring substituents is 3. The summed E-state index contributed by atoms with van der Waals surface area (Å²) in [5.41, 5.74) is 1.13. The Bertz CT molecular complexity index is 2320. The van der Waals surface area contributed by atoms with E-state index in [0.717, 1.165) is 11.9 Å². The van der Waals surface area contributed by atoms with E-state index in [9.17, 15) is 54.6 Å². The van der Waals surface area contributed by atoms with E-state index in [1.807, 2.05) is 6.92 Å². The molecule has 3 saturated heterocycles. The smallest absolute Gasteiger partial charge is 0.456 e. The van der Waals surface area contributed by atoms with Crippen molar-refractivity contribution in [1.29, 1.82) is 0 Å². The molecule has 4 aliphatic heterocycles. The summed E-state index contributed by atoms with van der Waals surface area (Å²) in [7, 11) is 0. The molecule has 332 valence electrons. The number of piperidine rings is 1. The number of rotatable bonds is 14. The Hall–Kier alpha value is -6.45. The van der Waals surface area contributed by atoms with Gasteiger partial charge >= 0.3 is 18.2 Å². The van der Waals surface area contributed by atoms with Crippen LogP contribution in [0.15, 0.2) is 83.4 Å². The number of esters is 1. The van der Waals surface area contributed by atoms with Gasteiger partial charge in [-0.1, -0.05) is 6.92 Å². The van der Waals surface area contributed by atoms with Crippen LogP contribution in [0.25, 0.3) is 0 Å². The number of carbonyl (C=O) groups excluding carboxylic acids is 4. The fourth-order valence-corrected chi connectivity index (χ4v) is 10.7. The Kier molecular flexibility index (Phi) is 13.1. The van der Waals surface area contributed by atoms with E-state index >= 15 is 0 Å². The van der Waals surface area contributed by atoms with Gasteiger partial charge < -0.3 is 29.1 Å². The number of hydrogen-bond donors (Lipinski definition) is 1. The topological polar surface area (TPSA) is 252 Å². The lowest BCUT2D eigenvalue weighted by molar-refractivity contribution is -0.739. The summed E-state index contributed by atoms with van der Waals surface area (Å²) in [5.74, 6) is -2.80. The number of aliphatic hydroxyl groups is 1. The number of nitrogens with zero attached hydrogens (tertiary/aromatic N) is 6. The number of quaternary nitrogens is 1. The van der Waals surface area contributed by atoms with Crippen molar-refractivity contribution in [3.05, 3.63) is 130 Å². The third kappa shape index (κ3) is 9.07. The van der Waals surface area contributed by atoms with Crippen LogP contribution in [-0.2, 0) is 43.6 Å². The molecule has 0 spiro atoms. The molecule has 4 aliphatic rings. The first-order valence-corrected chi connectivity index (χ1v) is 21.2. The quantitative estimate of drug-likeness (QED) is 0.0343. The summed E-state index contributed by atoms with van der Waals surface area (Å²) in [5, 5.41) is 44.1. The molecule has 0 bridgehead atoms. The average Bonchev–Trinajstić information content (AvgIpc) is 3.81. The van der Waals surface area contributed by atoms with Crippen molar-refractivity contribution < 1.29 is 57.2 Å². The zero-order valence-electron chi connectivity index (χ0n) is 34.3. The largest absolute Gasteiger partial charge is 0.528 e. The first-order chi connectivity index (χ1) is 30.1. The maximum atomic E-state index is 14.8. The van der Waals surface area contributed by atoms with Gasteiger partial charge in [0.1, 0.15) is 50.1 Å². The van der Waals surface area contributed by atoms with Crippen molar-refractivity contribution in [2.24, 2.45) is 17.8 Å². The van der Waals surface area contributed by atoms with Crippen molar-refractivity contribution in [3.8, 4) is 0 Å². The van der Waals surface area contributed by atoms with E-state index in [2.05, 4.69) is 0 Å². The van der Waals surface area contributed by atoms with Crippen molar-refractivity contribution in [2.45, 2.75) is 77.5 Å². The van der Waals surface area contributed by atoms with Crippen molar-refractivity contribution in [1.82, 2.24) is 9.80 Å². The van der Waals surface area contributed by atoms with Gasteiger partial charge in [0.2, 0.25) is 5.91 Å². The third-order valence-corrected chi connectivity index (χ3v) is 14.0. The molecule has 3 amide bonds. The lowest BCUT2D eigenvalue weighted by Crippen LogP contribution is -2.63. The molecule has 20 nitrogen and oxygen atoms in total. The molecule has 3 aromatic rings. The van der Waals surface area contributed by atoms with Gasteiger partial charge in [0.05, 0.1) is 37.7 Å². The number of likely N-dealkylation sites (tertiary alicyclic amines) is 2. The van der Waals surface area contributed by atoms with Crippen LogP contribution in [0.3, 0.4) is 0 Å². The van der Waals surface area contributed by atoms with E-state index in [1.54, 1.807) is 4.90 Å². The van der Waals surface area contributed by atoms with Crippen molar-refractivity contribution in [3.63, 3.8) is 0 Å². The van der Waals surface area contributed by atoms with Gasteiger partial charge in [-0.15, -0.1) is 0 Å². The molecule has 6 atom stereocenters. The zero-order valence-corrected chi connectivity index (χ0v) is 35.1. The van der Waals surface area contributed by atoms with Crippen LogP contribution in [0, 0.1) is 48.1 Å². The number of nitro groups is 3. The van der Waals surface area contributed by atoms with Gasteiger partial charge in [-0.2, -0.15) is 8.68 Å². The number of aliphatic hydroxyl groups excluding tert-OH is 1. The van der Waals surface area contributed by atoms with Gasteiger partial charge in [-0.25, -0.2) is 9.59 Å². The molecule has 1 N–H and O–H groups in total. The number of fused-ring (bicyclic) bond motifs is 1. The summed E-state index contributed by atoms with van der Waals surface area (Å²) in [6.45, 7) is 3.66. The predicted molar refractivity (Wildman–Crippen MR) is 221 cm³/mol. The van der Waals surface area contributed by atoms with Gasteiger partial charge in [0.25, 0.3) is 17.1 Å². The maximum Gasteiger partial charge on any atom is 0.528 e. The minimum Gasteiger partial charge on any atom is -0.456 e. The molecule has 0 radical (unpaired) electrons. The summed E-state index contributed by atoms with van der Waals surface area (Å²) >= 11 is 1.12. The van der Waals surface area contributed by atoms with E-state index in [1.165, 1.54) is 84.6 Å². The minimum absolute atomic E-state index is 0.0572. The molecular formula is C42H45N6O14S+. The third-order valence-electron chi connectivity index (χ3n) is 12.3. The molecule has 1 unspecified atom stereocenters. The lowest BCUT2D eigenvalue weighted by atomic mass is 9.79. The first-order valence-electron chi connectivity index (χ1n) is 20.4. The highest BCUT2D eigenvalue weighted by atomic mass is 32.2. The van der Waals surface area contributed by atoms with E-state index < -0.39 is 62.8 Å². The Morgan fingerprint density at radius 1 is 0.778 bits per heavy atom. The van der Waals surface area contributed by atoms with Crippen LogP contribution in [0.5, 0.6) is 0 Å². The number of β-lactam (4-membered cyclic amide) rings is 1. The fraction of sp³-hybridized carbons (Fsp3) is 0.429. The number of benzene rings is 3. The van der Waals surface area contributed by atoms with Crippen LogP contribution in [-0.4, -0.2) is 95.4 Å². The summed E-state index contributed by atoms with van der Waals surface area (Å²) in [4.78, 5) is 90.9. The second kappa shape index (κ2) is 18.5. The van der Waals surface area contributed by atoms with E-state index in [4.69, 9.17) is 14.2 Å². The average molecular weight is 890 g/mol. The monoisotopic (exact) mass is 889 g/mol. The first kappa shape index (κ1) is 44.6. The summed E-state index contributed by atoms with van der Waals surface area (Å²) in [6.07, 6.45) is -0.0721. The number of hydrogen-bond acceptors (Lipinski definition) is 15. The summed E-state index contributed by atoms with van der Waals surface area (Å²) < 4.78 is 17.0. The predicted octanol–water partition coefficient (Wildman–Crippen LogP) is 6.54. The highest BCUT2D eigenvalue weighted by Crippen LogP contribution is 2.56. The number of amides is 3.